The highest BCUT2D eigenvalue weighted by molar-refractivity contribution is 7.48. The molecule has 6 unspecified atom stereocenters. The van der Waals surface area contributed by atoms with Crippen LogP contribution in [0.25, 0.3) is 22.3 Å². The molecule has 0 spiro atoms. The first-order chi connectivity index (χ1) is 32.8. The van der Waals surface area contributed by atoms with Crippen molar-refractivity contribution in [2.24, 2.45) is 0 Å². The van der Waals surface area contributed by atoms with Crippen LogP contribution in [0.15, 0.2) is 60.4 Å². The highest BCUT2D eigenvalue weighted by Gasteiger charge is 2.58. The second-order valence-corrected chi connectivity index (χ2v) is 32.7. The number of benzene rings is 1. The molecule has 1 amide bonds. The third-order valence-corrected chi connectivity index (χ3v) is 24.8. The number of phosphoric ester groups is 2. The number of amides is 1. The molecule has 70 heavy (non-hydrogen) atoms. The maximum atomic E-state index is 15.5. The van der Waals surface area contributed by atoms with Crippen LogP contribution in [0.4, 0.5) is 5.82 Å². The van der Waals surface area contributed by atoms with E-state index in [9.17, 15) is 24.3 Å². The Labute approximate surface area is 405 Å². The van der Waals surface area contributed by atoms with Crippen molar-refractivity contribution >= 4 is 66.3 Å². The largest absolute Gasteiger partial charge is 0.475 e. The standard InChI is InChI=1S/C42H58N10O14P2Si2/c1-41(2,3)69(7,8)65-30-27-20-60-68(57,58-18-14-17-43)64-33-31(66-70(9,10)42(4,5)6)26(19-59-67(55,56)63-32(30)39(62-27)52-24-49-29-36(52)46-22-47-38(29)54)61-40(33)51-23-48-28-34(44-21-45-35(28)51)50-37(53)25-15-12-11-13-16-25/h11-13,15-16,21-24,26-27,30-33,39-40H,14,18-20H2,1-10H3,(H,55,56)(H,46,47,54)(H,44,45,50,53)/t26?,27?,30-,31-,32-,33-,39?,40?,68?/m1/s1. The van der Waals surface area contributed by atoms with E-state index < -0.39 is 123 Å². The maximum Gasteiger partial charge on any atom is 0.475 e. The first kappa shape index (κ1) is 51.9. The number of aromatic amines is 1. The number of imidazole rings is 2. The number of hydrogen-bond acceptors (Lipinski definition) is 19. The number of H-pyrrole nitrogens is 1. The molecule has 28 heteroatoms. The minimum atomic E-state index is -5.18. The van der Waals surface area contributed by atoms with Crippen LogP contribution in [0.2, 0.25) is 36.3 Å². The molecular formula is C42H58N10O14P2Si2. The van der Waals surface area contributed by atoms with Crippen LogP contribution >= 0.6 is 15.6 Å². The molecule has 4 aromatic heterocycles. The van der Waals surface area contributed by atoms with Crippen molar-refractivity contribution in [1.82, 2.24) is 39.0 Å². The van der Waals surface area contributed by atoms with Crippen molar-refractivity contribution in [2.75, 3.05) is 25.1 Å². The number of nitrogens with zero attached hydrogens (tertiary/aromatic N) is 8. The number of carbonyl (C=O) groups is 1. The fraction of sp³-hybridized carbons (Fsp3) is 0.571. The lowest BCUT2D eigenvalue weighted by molar-refractivity contribution is -0.0691. The topological polar surface area (TPSA) is 298 Å². The van der Waals surface area contributed by atoms with Crippen LogP contribution < -0.4 is 10.9 Å². The van der Waals surface area contributed by atoms with Crippen molar-refractivity contribution in [1.29, 1.82) is 5.26 Å². The summed E-state index contributed by atoms with van der Waals surface area (Å²) in [6, 6.07) is 10.5. The SMILES string of the molecule is CC(C)(C)[Si](C)(C)O[C@@H]1C2COP(=O)(O)O[C@H]3C(n4cnc5c(=O)[nH]cnc54)OC(COP(=O)(OCCC#N)O[C@H]1C(n1cnc4c(NC(=O)c5ccccc5)ncnc41)O2)[C@H]3O[Si](C)(C)C(C)(C)C. The number of nitrogens with one attached hydrogen (secondary N) is 2. The van der Waals surface area contributed by atoms with Crippen LogP contribution in [0, 0.1) is 11.3 Å². The Balaban J connectivity index is 1.24. The van der Waals surface area contributed by atoms with Gasteiger partial charge in [-0.2, -0.15) is 5.26 Å². The fourth-order valence-electron chi connectivity index (χ4n) is 7.59. The lowest BCUT2D eigenvalue weighted by Gasteiger charge is -2.41. The van der Waals surface area contributed by atoms with Gasteiger partial charge in [0, 0.05) is 5.56 Å². The summed E-state index contributed by atoms with van der Waals surface area (Å²) < 4.78 is 90.9. The normalized spacial score (nSPS) is 29.2. The number of hydrogen-bond donors (Lipinski definition) is 3. The van der Waals surface area contributed by atoms with Crippen LogP contribution in [0.5, 0.6) is 0 Å². The lowest BCUT2D eigenvalue weighted by atomic mass is 10.1. The summed E-state index contributed by atoms with van der Waals surface area (Å²) in [5, 5.41) is 11.5. The quantitative estimate of drug-likeness (QED) is 0.0700. The van der Waals surface area contributed by atoms with Crippen LogP contribution in [0.1, 0.15) is 70.8 Å². The van der Waals surface area contributed by atoms with E-state index in [1.165, 1.54) is 34.4 Å². The van der Waals surface area contributed by atoms with Crippen molar-refractivity contribution in [3.63, 3.8) is 0 Å². The lowest BCUT2D eigenvalue weighted by Crippen LogP contribution is -2.51. The first-order valence-electron chi connectivity index (χ1n) is 22.5. The van der Waals surface area contributed by atoms with Gasteiger partial charge in [-0.25, -0.2) is 34.0 Å². The summed E-state index contributed by atoms with van der Waals surface area (Å²) in [4.78, 5) is 62.2. The van der Waals surface area contributed by atoms with Gasteiger partial charge in [-0.3, -0.25) is 41.3 Å². The average Bonchev–Trinajstić information content (AvgIpc) is 4.06. The summed E-state index contributed by atoms with van der Waals surface area (Å²) in [7, 11) is -15.8. The molecule has 0 radical (unpaired) electrons. The van der Waals surface area contributed by atoms with Crippen molar-refractivity contribution in [2.45, 2.75) is 133 Å². The second kappa shape index (κ2) is 19.5. The zero-order chi connectivity index (χ0) is 50.6. The Bertz CT molecular complexity index is 2920. The molecular weight excluding hydrogens is 987 g/mol. The zero-order valence-corrected chi connectivity index (χ0v) is 44.2. The molecule has 8 rings (SSSR count). The van der Waals surface area contributed by atoms with Crippen LogP contribution in [-0.4, -0.2) is 123 Å². The Morgan fingerprint density at radius 3 is 1.99 bits per heavy atom. The Morgan fingerprint density at radius 2 is 1.40 bits per heavy atom. The minimum absolute atomic E-state index is 0.0506. The Morgan fingerprint density at radius 1 is 0.843 bits per heavy atom. The number of nitriles is 1. The second-order valence-electron chi connectivity index (χ2n) is 20.1. The summed E-state index contributed by atoms with van der Waals surface area (Å²) in [5.74, 6) is -0.387. The number of rotatable bonds is 11. The van der Waals surface area contributed by atoms with Gasteiger partial charge in [0.1, 0.15) is 43.0 Å². The molecule has 0 aliphatic carbocycles. The molecule has 7 heterocycles. The van der Waals surface area contributed by atoms with Gasteiger partial charge in [0.2, 0.25) is 0 Å². The van der Waals surface area contributed by atoms with Gasteiger partial charge in [0.05, 0.1) is 51.3 Å². The van der Waals surface area contributed by atoms with Crippen molar-refractivity contribution < 1.29 is 59.8 Å². The predicted octanol–water partition coefficient (Wildman–Crippen LogP) is 6.74. The number of anilines is 1. The van der Waals surface area contributed by atoms with E-state index in [4.69, 9.17) is 40.9 Å². The van der Waals surface area contributed by atoms with Gasteiger partial charge < -0.3 is 33.5 Å². The molecule has 378 valence electrons. The Hall–Kier alpha value is -4.43. The van der Waals surface area contributed by atoms with Gasteiger partial charge in [0.15, 0.2) is 57.2 Å². The zero-order valence-electron chi connectivity index (χ0n) is 40.4. The highest BCUT2D eigenvalue weighted by Crippen LogP contribution is 2.58. The summed E-state index contributed by atoms with van der Waals surface area (Å²) in [6.45, 7) is 18.2. The predicted molar refractivity (Wildman–Crippen MR) is 255 cm³/mol. The van der Waals surface area contributed by atoms with E-state index in [-0.39, 0.29) is 34.6 Å². The number of ether oxygens (including phenoxy) is 2. The van der Waals surface area contributed by atoms with E-state index >= 15 is 4.57 Å². The summed E-state index contributed by atoms with van der Waals surface area (Å²) in [5.41, 5.74) is 0.119. The Kier molecular flexibility index (Phi) is 14.5. The molecule has 3 aliphatic heterocycles. The third-order valence-electron chi connectivity index (χ3n) is 13.4. The van der Waals surface area contributed by atoms with Crippen LogP contribution in [-0.2, 0) is 50.1 Å². The van der Waals surface area contributed by atoms with Crippen molar-refractivity contribution in [3.8, 4) is 6.07 Å². The molecule has 3 aliphatic rings. The van der Waals surface area contributed by atoms with E-state index in [1.54, 1.807) is 30.3 Å². The maximum absolute atomic E-state index is 15.5. The molecule has 3 saturated heterocycles. The molecule has 3 N–H and O–H groups in total. The van der Waals surface area contributed by atoms with Gasteiger partial charge in [-0.15, -0.1) is 0 Å². The van der Waals surface area contributed by atoms with E-state index in [2.05, 4.69) is 35.2 Å². The molecule has 5 aromatic rings. The summed E-state index contributed by atoms with van der Waals surface area (Å²) >= 11 is 0. The molecule has 10 atom stereocenters. The number of phosphoric acid groups is 2. The third kappa shape index (κ3) is 10.6. The summed E-state index contributed by atoms with van der Waals surface area (Å²) in [6.07, 6.45) is -5.78. The minimum Gasteiger partial charge on any atom is -0.408 e. The van der Waals surface area contributed by atoms with E-state index in [1.807, 2.05) is 73.8 Å². The number of fused-ring (bicyclic) bond motifs is 6. The average molecular weight is 1050 g/mol. The molecule has 24 nitrogen and oxygen atoms in total. The number of carbonyl (C=O) groups excluding carboxylic acids is 1. The molecule has 0 saturated carbocycles. The first-order valence-corrected chi connectivity index (χ1v) is 31.3. The fourth-order valence-corrected chi connectivity index (χ4v) is 12.5. The van der Waals surface area contributed by atoms with Gasteiger partial charge in [-0.05, 0) is 48.4 Å². The molecule has 1 aromatic carbocycles. The van der Waals surface area contributed by atoms with Crippen molar-refractivity contribution in [3.05, 3.63) is 71.6 Å². The van der Waals surface area contributed by atoms with Crippen LogP contribution in [0.3, 0.4) is 0 Å². The number of aromatic nitrogens is 8. The van der Waals surface area contributed by atoms with Gasteiger partial charge in [0.25, 0.3) is 11.5 Å². The van der Waals surface area contributed by atoms with Gasteiger partial charge in [-0.1, -0.05) is 59.7 Å². The highest BCUT2D eigenvalue weighted by atomic mass is 31.2. The van der Waals surface area contributed by atoms with Gasteiger partial charge >= 0.3 is 15.6 Å². The smallest absolute Gasteiger partial charge is 0.408 e. The van der Waals surface area contributed by atoms with E-state index in [0.29, 0.717) is 5.56 Å². The molecule has 4 bridgehead atoms. The monoisotopic (exact) mass is 1040 g/mol. The van der Waals surface area contributed by atoms with E-state index in [0.717, 1.165) is 0 Å². The molecule has 3 fully saturated rings.